The summed E-state index contributed by atoms with van der Waals surface area (Å²) in [7, 11) is 0. The van der Waals surface area contributed by atoms with Crippen LogP contribution in [0.2, 0.25) is 0 Å². The summed E-state index contributed by atoms with van der Waals surface area (Å²) in [6.45, 7) is 7.28. The number of amides is 1. The number of aryl methyl sites for hydroxylation is 3. The largest absolute Gasteiger partial charge is 0.423 e. The molecule has 1 atom stereocenters. The van der Waals surface area contributed by atoms with Crippen LogP contribution in [0.15, 0.2) is 10.5 Å². The van der Waals surface area contributed by atoms with Gasteiger partial charge >= 0.3 is 0 Å². The zero-order chi connectivity index (χ0) is 15.0. The van der Waals surface area contributed by atoms with Gasteiger partial charge in [0.15, 0.2) is 6.10 Å². The average Bonchev–Trinajstić information content (AvgIpc) is 3.05. The molecule has 1 aliphatic rings. The maximum atomic E-state index is 12.6. The molecule has 3 heterocycles. The molecule has 0 spiro atoms. The predicted octanol–water partition coefficient (Wildman–Crippen LogP) is 2.27. The fourth-order valence-electron chi connectivity index (χ4n) is 2.26. The third kappa shape index (κ3) is 2.84. The van der Waals surface area contributed by atoms with Gasteiger partial charge in [-0.1, -0.05) is 0 Å². The van der Waals surface area contributed by atoms with Gasteiger partial charge in [-0.3, -0.25) is 4.79 Å². The van der Waals surface area contributed by atoms with Crippen LogP contribution in [0.3, 0.4) is 0 Å². The second kappa shape index (κ2) is 5.57. The third-order valence-electron chi connectivity index (χ3n) is 3.55. The summed E-state index contributed by atoms with van der Waals surface area (Å²) in [4.78, 5) is 16.3. The van der Waals surface area contributed by atoms with Crippen LogP contribution in [-0.4, -0.2) is 40.7 Å². The number of hydrogen-bond acceptors (Lipinski definition) is 6. The summed E-state index contributed by atoms with van der Waals surface area (Å²) in [5, 5.41) is 7.78. The minimum Gasteiger partial charge on any atom is -0.423 e. The molecular formula is C14H17N3O3S. The third-order valence-corrected chi connectivity index (χ3v) is 4.69. The highest BCUT2D eigenvalue weighted by atomic mass is 32.1. The molecule has 1 fully saturated rings. The summed E-state index contributed by atoms with van der Waals surface area (Å²) in [5.41, 5.74) is 1.15. The summed E-state index contributed by atoms with van der Waals surface area (Å²) in [5.74, 6) is 0.978. The van der Waals surface area contributed by atoms with Gasteiger partial charge in [0.1, 0.15) is 0 Å². The molecule has 2 aromatic rings. The Morgan fingerprint density at radius 2 is 2.19 bits per heavy atom. The Bertz CT molecular complexity index is 645. The van der Waals surface area contributed by atoms with Gasteiger partial charge in [0.25, 0.3) is 5.91 Å². The van der Waals surface area contributed by atoms with E-state index < -0.39 is 0 Å². The molecule has 0 aliphatic carbocycles. The van der Waals surface area contributed by atoms with E-state index >= 15 is 0 Å². The molecule has 0 N–H and O–H groups in total. The molecule has 112 valence electrons. The van der Waals surface area contributed by atoms with Crippen molar-refractivity contribution in [3.8, 4) is 0 Å². The highest BCUT2D eigenvalue weighted by molar-refractivity contribution is 7.14. The van der Waals surface area contributed by atoms with Crippen LogP contribution in [-0.2, 0) is 4.74 Å². The zero-order valence-electron chi connectivity index (χ0n) is 12.3. The van der Waals surface area contributed by atoms with Crippen LogP contribution >= 0.6 is 11.3 Å². The van der Waals surface area contributed by atoms with Gasteiger partial charge in [0.05, 0.1) is 18.0 Å². The van der Waals surface area contributed by atoms with Crippen molar-refractivity contribution in [1.29, 1.82) is 0 Å². The molecule has 7 heteroatoms. The van der Waals surface area contributed by atoms with E-state index in [0.29, 0.717) is 31.5 Å². The van der Waals surface area contributed by atoms with Crippen LogP contribution in [0.25, 0.3) is 0 Å². The first-order chi connectivity index (χ1) is 10.0. The Kier molecular flexibility index (Phi) is 3.77. The number of hydrogen-bond donors (Lipinski definition) is 0. The first kappa shape index (κ1) is 14.2. The number of carbonyl (C=O) groups excluding carboxylic acids is 1. The van der Waals surface area contributed by atoms with Gasteiger partial charge in [0.2, 0.25) is 11.8 Å². The minimum absolute atomic E-state index is 0.0423. The van der Waals surface area contributed by atoms with Crippen LogP contribution in [0.4, 0.5) is 0 Å². The van der Waals surface area contributed by atoms with Crippen molar-refractivity contribution in [2.45, 2.75) is 26.9 Å². The Morgan fingerprint density at radius 3 is 2.81 bits per heavy atom. The van der Waals surface area contributed by atoms with Gasteiger partial charge in [-0.05, 0) is 25.5 Å². The molecule has 1 aliphatic heterocycles. The van der Waals surface area contributed by atoms with Gasteiger partial charge in [-0.2, -0.15) is 0 Å². The number of rotatable bonds is 2. The van der Waals surface area contributed by atoms with Gasteiger partial charge in [0, 0.05) is 18.3 Å². The first-order valence-corrected chi connectivity index (χ1v) is 7.64. The lowest BCUT2D eigenvalue weighted by atomic mass is 10.2. The molecule has 0 saturated carbocycles. The summed E-state index contributed by atoms with van der Waals surface area (Å²) < 4.78 is 11.0. The summed E-state index contributed by atoms with van der Waals surface area (Å²) >= 11 is 1.53. The van der Waals surface area contributed by atoms with E-state index in [-0.39, 0.29) is 12.0 Å². The van der Waals surface area contributed by atoms with Gasteiger partial charge in [-0.15, -0.1) is 21.5 Å². The Hall–Kier alpha value is -1.73. The van der Waals surface area contributed by atoms with Crippen molar-refractivity contribution in [2.24, 2.45) is 0 Å². The molecule has 21 heavy (non-hydrogen) atoms. The van der Waals surface area contributed by atoms with E-state index in [1.807, 2.05) is 19.9 Å². The fraction of sp³-hybridized carbons (Fsp3) is 0.500. The number of ether oxygens (including phenoxy) is 1. The van der Waals surface area contributed by atoms with Crippen molar-refractivity contribution in [3.05, 3.63) is 33.2 Å². The molecule has 1 saturated heterocycles. The van der Waals surface area contributed by atoms with Crippen molar-refractivity contribution in [1.82, 2.24) is 15.1 Å². The lowest BCUT2D eigenvalue weighted by Gasteiger charge is -2.30. The number of carbonyl (C=O) groups is 1. The maximum absolute atomic E-state index is 12.6. The van der Waals surface area contributed by atoms with Crippen LogP contribution in [0, 0.1) is 20.8 Å². The second-order valence-electron chi connectivity index (χ2n) is 5.12. The highest BCUT2D eigenvalue weighted by Crippen LogP contribution is 2.26. The quantitative estimate of drug-likeness (QED) is 0.851. The van der Waals surface area contributed by atoms with Crippen LogP contribution in [0.5, 0.6) is 0 Å². The Morgan fingerprint density at radius 1 is 1.38 bits per heavy atom. The average molecular weight is 307 g/mol. The standard InChI is InChI=1S/C14H17N3O3S/c1-8-6-12(21-9(8)2)14(18)17-4-5-19-11(7-17)13-16-15-10(3)20-13/h6,11H,4-5,7H2,1-3H3/t11-/m0/s1. The van der Waals surface area contributed by atoms with Crippen molar-refractivity contribution >= 4 is 17.2 Å². The fourth-order valence-corrected chi connectivity index (χ4v) is 3.26. The molecule has 1 amide bonds. The van der Waals surface area contributed by atoms with E-state index in [2.05, 4.69) is 10.2 Å². The number of nitrogens with zero attached hydrogens (tertiary/aromatic N) is 3. The lowest BCUT2D eigenvalue weighted by molar-refractivity contribution is -0.0347. The molecule has 3 rings (SSSR count). The van der Waals surface area contributed by atoms with Crippen molar-refractivity contribution in [3.63, 3.8) is 0 Å². The van der Waals surface area contributed by atoms with E-state index in [1.54, 1.807) is 11.8 Å². The Labute approximate surface area is 126 Å². The van der Waals surface area contributed by atoms with E-state index in [9.17, 15) is 4.79 Å². The first-order valence-electron chi connectivity index (χ1n) is 6.82. The SMILES string of the molecule is Cc1nnc([C@@H]2CN(C(=O)c3cc(C)c(C)s3)CCO2)o1. The van der Waals surface area contributed by atoms with E-state index in [0.717, 1.165) is 10.4 Å². The zero-order valence-corrected chi connectivity index (χ0v) is 13.1. The molecule has 0 bridgehead atoms. The van der Waals surface area contributed by atoms with Gasteiger partial charge < -0.3 is 14.1 Å². The molecular weight excluding hydrogens is 290 g/mol. The number of aromatic nitrogens is 2. The van der Waals surface area contributed by atoms with Gasteiger partial charge in [-0.25, -0.2) is 0 Å². The topological polar surface area (TPSA) is 68.5 Å². The second-order valence-corrected chi connectivity index (χ2v) is 6.38. The van der Waals surface area contributed by atoms with Crippen LogP contribution < -0.4 is 0 Å². The number of thiophene rings is 1. The summed E-state index contributed by atoms with van der Waals surface area (Å²) in [6, 6.07) is 1.95. The molecule has 6 nitrogen and oxygen atoms in total. The maximum Gasteiger partial charge on any atom is 0.264 e. The molecule has 2 aromatic heterocycles. The predicted molar refractivity (Wildman–Crippen MR) is 77.4 cm³/mol. The Balaban J connectivity index is 1.75. The lowest BCUT2D eigenvalue weighted by Crippen LogP contribution is -2.42. The van der Waals surface area contributed by atoms with E-state index in [1.165, 1.54) is 16.2 Å². The molecule has 0 aromatic carbocycles. The smallest absolute Gasteiger partial charge is 0.264 e. The normalized spacial score (nSPS) is 19.0. The van der Waals surface area contributed by atoms with Crippen molar-refractivity contribution < 1.29 is 13.9 Å². The van der Waals surface area contributed by atoms with Crippen molar-refractivity contribution in [2.75, 3.05) is 19.7 Å². The van der Waals surface area contributed by atoms with E-state index in [4.69, 9.17) is 9.15 Å². The monoisotopic (exact) mass is 307 g/mol. The molecule has 0 radical (unpaired) electrons. The minimum atomic E-state index is -0.342. The molecule has 0 unspecified atom stereocenters. The highest BCUT2D eigenvalue weighted by Gasteiger charge is 2.30. The number of morpholine rings is 1. The summed E-state index contributed by atoms with van der Waals surface area (Å²) in [6.07, 6.45) is -0.342. The van der Waals surface area contributed by atoms with Crippen LogP contribution in [0.1, 0.15) is 38.0 Å².